The van der Waals surface area contributed by atoms with Gasteiger partial charge in [-0.15, -0.1) is 0 Å². The minimum Gasteiger partial charge on any atom is -0.336 e. The van der Waals surface area contributed by atoms with Crippen LogP contribution in [0.3, 0.4) is 0 Å². The zero-order chi connectivity index (χ0) is 10.8. The first-order chi connectivity index (χ1) is 7.18. The number of aryl methyl sites for hydroxylation is 1. The molecule has 0 aliphatic carbocycles. The average molecular weight is 204 g/mol. The molecule has 3 nitrogen and oxygen atoms in total. The van der Waals surface area contributed by atoms with Gasteiger partial charge in [-0.1, -0.05) is 0 Å². The first-order valence-electron chi connectivity index (χ1n) is 5.39. The molecule has 0 N–H and O–H groups in total. The Hall–Kier alpha value is -1.38. The maximum atomic E-state index is 11.8. The first-order valence-corrected chi connectivity index (χ1v) is 5.39. The number of nitrogens with zero attached hydrogens (tertiary/aromatic N) is 2. The zero-order valence-corrected chi connectivity index (χ0v) is 9.23. The number of carbonyl (C=O) groups excluding carboxylic acids is 1. The van der Waals surface area contributed by atoms with Gasteiger partial charge in [0.1, 0.15) is 0 Å². The Morgan fingerprint density at radius 3 is 2.87 bits per heavy atom. The SMILES string of the molecule is CC(C)N1Cc2ccncc2CCC1=O. The Morgan fingerprint density at radius 2 is 2.13 bits per heavy atom. The molecule has 0 spiro atoms. The lowest BCUT2D eigenvalue weighted by atomic mass is 10.1. The van der Waals surface area contributed by atoms with Crippen molar-refractivity contribution >= 4 is 5.91 Å². The molecule has 3 heteroatoms. The normalized spacial score (nSPS) is 16.5. The van der Waals surface area contributed by atoms with Crippen LogP contribution in [0.5, 0.6) is 0 Å². The highest BCUT2D eigenvalue weighted by Gasteiger charge is 2.21. The van der Waals surface area contributed by atoms with Crippen molar-refractivity contribution in [3.8, 4) is 0 Å². The summed E-state index contributed by atoms with van der Waals surface area (Å²) in [6, 6.07) is 2.29. The fraction of sp³-hybridized carbons (Fsp3) is 0.500. The van der Waals surface area contributed by atoms with Crippen molar-refractivity contribution in [2.24, 2.45) is 0 Å². The zero-order valence-electron chi connectivity index (χ0n) is 9.23. The number of fused-ring (bicyclic) bond motifs is 1. The van der Waals surface area contributed by atoms with Gasteiger partial charge in [-0.3, -0.25) is 9.78 Å². The molecule has 0 aromatic carbocycles. The molecule has 1 aliphatic rings. The van der Waals surface area contributed by atoms with E-state index in [-0.39, 0.29) is 11.9 Å². The Morgan fingerprint density at radius 1 is 1.33 bits per heavy atom. The lowest BCUT2D eigenvalue weighted by Crippen LogP contribution is -2.35. The third kappa shape index (κ3) is 2.01. The van der Waals surface area contributed by atoms with Crippen LogP contribution in [-0.4, -0.2) is 21.8 Å². The van der Waals surface area contributed by atoms with Crippen LogP contribution in [0.4, 0.5) is 0 Å². The lowest BCUT2D eigenvalue weighted by molar-refractivity contribution is -0.133. The second kappa shape index (κ2) is 4.01. The summed E-state index contributed by atoms with van der Waals surface area (Å²) in [5.74, 6) is 0.251. The molecule has 1 amide bonds. The monoisotopic (exact) mass is 204 g/mol. The molecule has 15 heavy (non-hydrogen) atoms. The largest absolute Gasteiger partial charge is 0.336 e. The maximum Gasteiger partial charge on any atom is 0.223 e. The predicted octanol–water partition coefficient (Wildman–Crippen LogP) is 1.76. The number of aromatic nitrogens is 1. The molecule has 0 atom stereocenters. The van der Waals surface area contributed by atoms with Crippen LogP contribution >= 0.6 is 0 Å². The van der Waals surface area contributed by atoms with E-state index < -0.39 is 0 Å². The molecule has 0 fully saturated rings. The van der Waals surface area contributed by atoms with E-state index in [2.05, 4.69) is 18.8 Å². The minimum atomic E-state index is 0.251. The highest BCUT2D eigenvalue weighted by Crippen LogP contribution is 2.19. The number of amides is 1. The van der Waals surface area contributed by atoms with Crippen LogP contribution in [0.15, 0.2) is 18.5 Å². The molecule has 0 saturated heterocycles. The quantitative estimate of drug-likeness (QED) is 0.698. The molecule has 80 valence electrons. The predicted molar refractivity (Wildman–Crippen MR) is 58.2 cm³/mol. The Kier molecular flexibility index (Phi) is 2.71. The van der Waals surface area contributed by atoms with Crippen molar-refractivity contribution in [1.29, 1.82) is 0 Å². The van der Waals surface area contributed by atoms with Crippen LogP contribution in [0.2, 0.25) is 0 Å². The van der Waals surface area contributed by atoms with E-state index in [0.717, 1.165) is 13.0 Å². The lowest BCUT2D eigenvalue weighted by Gasteiger charge is -2.25. The van der Waals surface area contributed by atoms with E-state index in [0.29, 0.717) is 6.42 Å². The van der Waals surface area contributed by atoms with Gasteiger partial charge in [-0.2, -0.15) is 0 Å². The van der Waals surface area contributed by atoms with Gasteiger partial charge in [0.2, 0.25) is 5.91 Å². The van der Waals surface area contributed by atoms with Gasteiger partial charge in [0.05, 0.1) is 0 Å². The Bertz CT molecular complexity index is 374. The summed E-state index contributed by atoms with van der Waals surface area (Å²) < 4.78 is 0. The highest BCUT2D eigenvalue weighted by molar-refractivity contribution is 5.77. The van der Waals surface area contributed by atoms with Crippen LogP contribution in [0, 0.1) is 0 Å². The summed E-state index contributed by atoms with van der Waals surface area (Å²) in [4.78, 5) is 17.9. The van der Waals surface area contributed by atoms with E-state index in [9.17, 15) is 4.79 Å². The number of pyridine rings is 1. The van der Waals surface area contributed by atoms with Crippen LogP contribution in [0.1, 0.15) is 31.4 Å². The summed E-state index contributed by atoms with van der Waals surface area (Å²) in [7, 11) is 0. The number of rotatable bonds is 1. The molecular formula is C12H16N2O. The van der Waals surface area contributed by atoms with Gasteiger partial charge in [0, 0.05) is 31.4 Å². The molecule has 1 aromatic heterocycles. The summed E-state index contributed by atoms with van der Waals surface area (Å²) in [5, 5.41) is 0. The van der Waals surface area contributed by atoms with Crippen molar-refractivity contribution < 1.29 is 4.79 Å². The fourth-order valence-electron chi connectivity index (χ4n) is 1.96. The molecule has 0 radical (unpaired) electrons. The summed E-state index contributed by atoms with van der Waals surface area (Å²) in [5.41, 5.74) is 2.46. The second-order valence-corrected chi connectivity index (χ2v) is 4.26. The van der Waals surface area contributed by atoms with E-state index in [1.54, 1.807) is 6.20 Å². The third-order valence-corrected chi connectivity index (χ3v) is 2.90. The smallest absolute Gasteiger partial charge is 0.223 e. The number of carbonyl (C=O) groups is 1. The molecule has 0 unspecified atom stereocenters. The van der Waals surface area contributed by atoms with E-state index in [1.807, 2.05) is 17.2 Å². The minimum absolute atomic E-state index is 0.251. The van der Waals surface area contributed by atoms with Crippen molar-refractivity contribution in [3.05, 3.63) is 29.6 Å². The van der Waals surface area contributed by atoms with Crippen molar-refractivity contribution in [2.45, 2.75) is 39.3 Å². The topological polar surface area (TPSA) is 33.2 Å². The molecule has 1 aliphatic heterocycles. The van der Waals surface area contributed by atoms with Crippen LogP contribution in [-0.2, 0) is 17.8 Å². The van der Waals surface area contributed by atoms with Gasteiger partial charge < -0.3 is 4.90 Å². The van der Waals surface area contributed by atoms with Crippen molar-refractivity contribution in [1.82, 2.24) is 9.88 Å². The summed E-state index contributed by atoms with van der Waals surface area (Å²) in [6.07, 6.45) is 5.11. The van der Waals surface area contributed by atoms with Gasteiger partial charge in [-0.05, 0) is 37.5 Å². The highest BCUT2D eigenvalue weighted by atomic mass is 16.2. The van der Waals surface area contributed by atoms with E-state index in [1.165, 1.54) is 11.1 Å². The van der Waals surface area contributed by atoms with Gasteiger partial charge in [0.15, 0.2) is 0 Å². The van der Waals surface area contributed by atoms with Crippen LogP contribution < -0.4 is 0 Å². The van der Waals surface area contributed by atoms with Crippen molar-refractivity contribution in [2.75, 3.05) is 0 Å². The maximum absolute atomic E-state index is 11.8. The molecule has 0 saturated carbocycles. The third-order valence-electron chi connectivity index (χ3n) is 2.90. The molecule has 2 heterocycles. The Labute approximate surface area is 90.1 Å². The summed E-state index contributed by atoms with van der Waals surface area (Å²) >= 11 is 0. The fourth-order valence-corrected chi connectivity index (χ4v) is 1.96. The molecular weight excluding hydrogens is 188 g/mol. The number of hydrogen-bond acceptors (Lipinski definition) is 2. The van der Waals surface area contributed by atoms with E-state index >= 15 is 0 Å². The molecule has 2 rings (SSSR count). The summed E-state index contributed by atoms with van der Waals surface area (Å²) in [6.45, 7) is 4.85. The second-order valence-electron chi connectivity index (χ2n) is 4.26. The molecule has 0 bridgehead atoms. The average Bonchev–Trinajstić information content (AvgIpc) is 2.39. The number of hydrogen-bond donors (Lipinski definition) is 0. The van der Waals surface area contributed by atoms with Crippen molar-refractivity contribution in [3.63, 3.8) is 0 Å². The standard InChI is InChI=1S/C12H16N2O/c1-9(2)14-8-11-5-6-13-7-10(11)3-4-12(14)15/h5-7,9H,3-4,8H2,1-2H3. The van der Waals surface area contributed by atoms with E-state index in [4.69, 9.17) is 0 Å². The Balaban J connectivity index is 2.31. The van der Waals surface area contributed by atoms with Crippen LogP contribution in [0.25, 0.3) is 0 Å². The molecule has 1 aromatic rings. The van der Waals surface area contributed by atoms with Gasteiger partial charge in [0.25, 0.3) is 0 Å². The first kappa shape index (κ1) is 10.1. The van der Waals surface area contributed by atoms with Gasteiger partial charge in [-0.25, -0.2) is 0 Å². The van der Waals surface area contributed by atoms with Gasteiger partial charge >= 0.3 is 0 Å².